The van der Waals surface area contributed by atoms with Gasteiger partial charge < -0.3 is 10.6 Å². The molecule has 1 unspecified atom stereocenters. The standard InChI is InChI=1S/C15H32N2/c1-12(2)14(13(3)4)9-17-11-15(5)7-6-8-16-10-15/h12-14,16-17H,6-11H2,1-5H3. The molecule has 2 N–H and O–H groups in total. The van der Waals surface area contributed by atoms with Crippen LogP contribution in [0.15, 0.2) is 0 Å². The maximum atomic E-state index is 3.72. The quantitative estimate of drug-likeness (QED) is 0.746. The molecule has 1 fully saturated rings. The van der Waals surface area contributed by atoms with Crippen LogP contribution in [0.1, 0.15) is 47.5 Å². The Labute approximate surface area is 108 Å². The van der Waals surface area contributed by atoms with Crippen LogP contribution in [0, 0.1) is 23.2 Å². The van der Waals surface area contributed by atoms with E-state index in [0.717, 1.165) is 24.3 Å². The minimum atomic E-state index is 0.469. The van der Waals surface area contributed by atoms with E-state index < -0.39 is 0 Å². The van der Waals surface area contributed by atoms with Crippen LogP contribution in [-0.4, -0.2) is 26.2 Å². The van der Waals surface area contributed by atoms with Crippen LogP contribution in [0.3, 0.4) is 0 Å². The van der Waals surface area contributed by atoms with Crippen molar-refractivity contribution in [3.8, 4) is 0 Å². The van der Waals surface area contributed by atoms with E-state index >= 15 is 0 Å². The maximum absolute atomic E-state index is 3.72. The van der Waals surface area contributed by atoms with E-state index in [1.807, 2.05) is 0 Å². The predicted octanol–water partition coefficient (Wildman–Crippen LogP) is 2.89. The lowest BCUT2D eigenvalue weighted by molar-refractivity contribution is 0.207. The van der Waals surface area contributed by atoms with Crippen molar-refractivity contribution in [1.82, 2.24) is 10.6 Å². The minimum absolute atomic E-state index is 0.469. The molecule has 0 aromatic heterocycles. The SMILES string of the molecule is CC(C)C(CNCC1(C)CCCNC1)C(C)C. The van der Waals surface area contributed by atoms with Gasteiger partial charge in [0, 0.05) is 13.1 Å². The summed E-state index contributed by atoms with van der Waals surface area (Å²) in [6.07, 6.45) is 2.69. The van der Waals surface area contributed by atoms with Crippen LogP contribution in [-0.2, 0) is 0 Å². The highest BCUT2D eigenvalue weighted by molar-refractivity contribution is 4.84. The molecule has 1 aliphatic heterocycles. The topological polar surface area (TPSA) is 24.1 Å². The Kier molecular flexibility index (Phi) is 5.94. The monoisotopic (exact) mass is 240 g/mol. The van der Waals surface area contributed by atoms with Gasteiger partial charge in [-0.2, -0.15) is 0 Å². The molecular formula is C15H32N2. The number of piperidine rings is 1. The van der Waals surface area contributed by atoms with Crippen molar-refractivity contribution in [2.45, 2.75) is 47.5 Å². The molecule has 102 valence electrons. The molecule has 17 heavy (non-hydrogen) atoms. The molecule has 0 saturated carbocycles. The van der Waals surface area contributed by atoms with Gasteiger partial charge in [-0.15, -0.1) is 0 Å². The third-order valence-electron chi connectivity index (χ3n) is 4.33. The van der Waals surface area contributed by atoms with Gasteiger partial charge in [-0.05, 0) is 49.1 Å². The first-order chi connectivity index (χ1) is 7.94. The van der Waals surface area contributed by atoms with E-state index in [0.29, 0.717) is 5.41 Å². The molecule has 0 aliphatic carbocycles. The van der Waals surface area contributed by atoms with Crippen molar-refractivity contribution in [2.24, 2.45) is 23.2 Å². The minimum Gasteiger partial charge on any atom is -0.316 e. The summed E-state index contributed by atoms with van der Waals surface area (Å²) in [5.74, 6) is 2.36. The van der Waals surface area contributed by atoms with Crippen molar-refractivity contribution in [3.63, 3.8) is 0 Å². The zero-order valence-electron chi connectivity index (χ0n) is 12.5. The lowest BCUT2D eigenvalue weighted by Gasteiger charge is -2.35. The van der Waals surface area contributed by atoms with Crippen LogP contribution in [0.5, 0.6) is 0 Å². The summed E-state index contributed by atoms with van der Waals surface area (Å²) in [7, 11) is 0. The zero-order chi connectivity index (χ0) is 12.9. The molecule has 2 nitrogen and oxygen atoms in total. The van der Waals surface area contributed by atoms with Gasteiger partial charge in [0.05, 0.1) is 0 Å². The van der Waals surface area contributed by atoms with Crippen LogP contribution in [0.2, 0.25) is 0 Å². The van der Waals surface area contributed by atoms with Gasteiger partial charge in [-0.25, -0.2) is 0 Å². The van der Waals surface area contributed by atoms with Crippen molar-refractivity contribution < 1.29 is 0 Å². The van der Waals surface area contributed by atoms with Crippen LogP contribution in [0.4, 0.5) is 0 Å². The van der Waals surface area contributed by atoms with Crippen LogP contribution in [0.25, 0.3) is 0 Å². The lowest BCUT2D eigenvalue weighted by Crippen LogP contribution is -2.45. The average molecular weight is 240 g/mol. The molecule has 1 saturated heterocycles. The van der Waals surface area contributed by atoms with E-state index in [9.17, 15) is 0 Å². The molecule has 1 rings (SSSR count). The van der Waals surface area contributed by atoms with Crippen molar-refractivity contribution in [2.75, 3.05) is 26.2 Å². The van der Waals surface area contributed by atoms with E-state index in [1.54, 1.807) is 0 Å². The normalized spacial score (nSPS) is 26.1. The van der Waals surface area contributed by atoms with Gasteiger partial charge in [-0.3, -0.25) is 0 Å². The second kappa shape index (κ2) is 6.75. The fraction of sp³-hybridized carbons (Fsp3) is 1.00. The van der Waals surface area contributed by atoms with E-state index in [2.05, 4.69) is 45.3 Å². The fourth-order valence-corrected chi connectivity index (χ4v) is 3.05. The highest BCUT2D eigenvalue weighted by Gasteiger charge is 2.26. The van der Waals surface area contributed by atoms with E-state index in [4.69, 9.17) is 0 Å². The molecule has 2 heteroatoms. The number of rotatable bonds is 6. The molecule has 1 aliphatic rings. The highest BCUT2D eigenvalue weighted by Crippen LogP contribution is 2.25. The summed E-state index contributed by atoms with van der Waals surface area (Å²) in [5.41, 5.74) is 0.469. The van der Waals surface area contributed by atoms with Crippen LogP contribution >= 0.6 is 0 Å². The van der Waals surface area contributed by atoms with E-state index in [1.165, 1.54) is 32.5 Å². The Morgan fingerprint density at radius 3 is 2.29 bits per heavy atom. The fourth-order valence-electron chi connectivity index (χ4n) is 3.05. The molecule has 0 radical (unpaired) electrons. The molecule has 1 heterocycles. The second-order valence-corrected chi connectivity index (χ2v) is 6.87. The lowest BCUT2D eigenvalue weighted by atomic mass is 9.81. The molecule has 0 spiro atoms. The largest absolute Gasteiger partial charge is 0.316 e. The number of hydrogen-bond donors (Lipinski definition) is 2. The van der Waals surface area contributed by atoms with Gasteiger partial charge in [0.2, 0.25) is 0 Å². The predicted molar refractivity (Wildman–Crippen MR) is 76.2 cm³/mol. The van der Waals surface area contributed by atoms with Gasteiger partial charge >= 0.3 is 0 Å². The zero-order valence-corrected chi connectivity index (χ0v) is 12.5. The Hall–Kier alpha value is -0.0800. The molecule has 0 aromatic rings. The molecule has 1 atom stereocenters. The van der Waals surface area contributed by atoms with Crippen molar-refractivity contribution >= 4 is 0 Å². The molecule has 0 bridgehead atoms. The summed E-state index contributed by atoms with van der Waals surface area (Å²) < 4.78 is 0. The van der Waals surface area contributed by atoms with Gasteiger partial charge in [0.1, 0.15) is 0 Å². The summed E-state index contributed by atoms with van der Waals surface area (Å²) in [6.45, 7) is 16.5. The third kappa shape index (κ3) is 4.97. The van der Waals surface area contributed by atoms with Crippen molar-refractivity contribution in [3.05, 3.63) is 0 Å². The molecular weight excluding hydrogens is 208 g/mol. The first-order valence-electron chi connectivity index (χ1n) is 7.36. The second-order valence-electron chi connectivity index (χ2n) is 6.87. The van der Waals surface area contributed by atoms with Gasteiger partial charge in [0.15, 0.2) is 0 Å². The summed E-state index contributed by atoms with van der Waals surface area (Å²) in [5, 5.41) is 7.24. The number of nitrogens with one attached hydrogen (secondary N) is 2. The Morgan fingerprint density at radius 1 is 1.18 bits per heavy atom. The third-order valence-corrected chi connectivity index (χ3v) is 4.33. The number of hydrogen-bond acceptors (Lipinski definition) is 2. The summed E-state index contributed by atoms with van der Waals surface area (Å²) in [4.78, 5) is 0. The Morgan fingerprint density at radius 2 is 1.82 bits per heavy atom. The highest BCUT2D eigenvalue weighted by atomic mass is 14.9. The Balaban J connectivity index is 2.30. The summed E-state index contributed by atoms with van der Waals surface area (Å²) >= 11 is 0. The Bertz CT molecular complexity index is 197. The average Bonchev–Trinajstić information content (AvgIpc) is 2.24. The van der Waals surface area contributed by atoms with E-state index in [-0.39, 0.29) is 0 Å². The van der Waals surface area contributed by atoms with Crippen LogP contribution < -0.4 is 10.6 Å². The smallest absolute Gasteiger partial charge is 0.00174 e. The summed E-state index contributed by atoms with van der Waals surface area (Å²) in [6, 6.07) is 0. The maximum Gasteiger partial charge on any atom is 0.00174 e. The van der Waals surface area contributed by atoms with Crippen molar-refractivity contribution in [1.29, 1.82) is 0 Å². The molecule has 0 aromatic carbocycles. The first kappa shape index (κ1) is 15.0. The molecule has 0 amide bonds. The first-order valence-corrected chi connectivity index (χ1v) is 7.36. The van der Waals surface area contributed by atoms with Gasteiger partial charge in [-0.1, -0.05) is 34.6 Å². The van der Waals surface area contributed by atoms with Gasteiger partial charge in [0.25, 0.3) is 0 Å².